The number of aromatic nitrogens is 1. The van der Waals surface area contributed by atoms with Crippen molar-refractivity contribution in [2.24, 2.45) is 0 Å². The van der Waals surface area contributed by atoms with E-state index < -0.39 is 0 Å². The largest absolute Gasteiger partial charge is 0.398 e. The van der Waals surface area contributed by atoms with E-state index in [1.165, 1.54) is 0 Å². The normalized spacial score (nSPS) is 10.0. The zero-order chi connectivity index (χ0) is 14.5. The number of nitrogens with zero attached hydrogens (tertiary/aromatic N) is 1. The molecule has 0 saturated carbocycles. The monoisotopic (exact) mass is 309 g/mol. The summed E-state index contributed by atoms with van der Waals surface area (Å²) in [6.07, 6.45) is 1.54. The smallest absolute Gasteiger partial charge is 0.253 e. The van der Waals surface area contributed by atoms with Crippen LogP contribution < -0.4 is 11.1 Å². The quantitative estimate of drug-likeness (QED) is 0.832. The van der Waals surface area contributed by atoms with Crippen LogP contribution in [0.1, 0.15) is 41.2 Å². The van der Waals surface area contributed by atoms with Crippen molar-refractivity contribution < 1.29 is 9.32 Å². The summed E-state index contributed by atoms with van der Waals surface area (Å²) >= 11 is 0. The molecular weight excluding hydrogens is 290 g/mol. The number of nitrogen functional groups attached to an aromatic ring is 1. The van der Waals surface area contributed by atoms with Gasteiger partial charge in [0.05, 0.1) is 11.3 Å². The summed E-state index contributed by atoms with van der Waals surface area (Å²) in [5.41, 5.74) is 8.61. The molecule has 1 amide bonds. The number of benzene rings is 1. The van der Waals surface area contributed by atoms with E-state index in [0.29, 0.717) is 17.8 Å². The molecule has 0 aliphatic carbocycles. The molecule has 1 heterocycles. The topological polar surface area (TPSA) is 81.2 Å². The molecule has 114 valence electrons. The van der Waals surface area contributed by atoms with Gasteiger partial charge in [-0.05, 0) is 18.6 Å². The summed E-state index contributed by atoms with van der Waals surface area (Å²) in [6.45, 7) is 4.42. The minimum absolute atomic E-state index is 0. The predicted octanol–water partition coefficient (Wildman–Crippen LogP) is 2.73. The van der Waals surface area contributed by atoms with E-state index in [9.17, 15) is 4.79 Å². The van der Waals surface area contributed by atoms with Crippen LogP contribution in [-0.4, -0.2) is 11.1 Å². The fourth-order valence-electron chi connectivity index (χ4n) is 2.11. The van der Waals surface area contributed by atoms with Gasteiger partial charge in [0.1, 0.15) is 5.76 Å². The van der Waals surface area contributed by atoms with Crippen molar-refractivity contribution in [1.82, 2.24) is 10.5 Å². The number of rotatable bonds is 5. The highest BCUT2D eigenvalue weighted by molar-refractivity contribution is 5.99. The van der Waals surface area contributed by atoms with Crippen LogP contribution in [0.2, 0.25) is 0 Å². The summed E-state index contributed by atoms with van der Waals surface area (Å²) in [5.74, 6) is 0.636. The molecule has 1 aromatic heterocycles. The van der Waals surface area contributed by atoms with Crippen LogP contribution in [0.3, 0.4) is 0 Å². The number of anilines is 1. The number of aryl methyl sites for hydroxylation is 2. The molecule has 0 radical (unpaired) electrons. The van der Waals surface area contributed by atoms with E-state index in [1.807, 2.05) is 13.8 Å². The third-order valence-electron chi connectivity index (χ3n) is 3.24. The van der Waals surface area contributed by atoms with Crippen LogP contribution in [0, 0.1) is 0 Å². The Morgan fingerprint density at radius 1 is 1.29 bits per heavy atom. The number of carbonyl (C=O) groups is 1. The second-order valence-electron chi connectivity index (χ2n) is 4.51. The molecule has 0 aliphatic heterocycles. The lowest BCUT2D eigenvalue weighted by Crippen LogP contribution is -2.24. The first-order chi connectivity index (χ1) is 9.67. The van der Waals surface area contributed by atoms with Gasteiger partial charge in [0.2, 0.25) is 0 Å². The van der Waals surface area contributed by atoms with Crippen molar-refractivity contribution in [2.45, 2.75) is 33.2 Å². The number of carbonyl (C=O) groups excluding carboxylic acids is 1. The zero-order valence-electron chi connectivity index (χ0n) is 12.2. The number of amides is 1. The van der Waals surface area contributed by atoms with Gasteiger partial charge in [-0.1, -0.05) is 31.1 Å². The average Bonchev–Trinajstić information content (AvgIpc) is 2.87. The van der Waals surface area contributed by atoms with Gasteiger partial charge in [0.15, 0.2) is 0 Å². The van der Waals surface area contributed by atoms with Crippen molar-refractivity contribution in [3.63, 3.8) is 0 Å². The van der Waals surface area contributed by atoms with Gasteiger partial charge < -0.3 is 15.6 Å². The van der Waals surface area contributed by atoms with Crippen LogP contribution in [0.15, 0.2) is 28.8 Å². The molecule has 1 aromatic carbocycles. The molecule has 2 rings (SSSR count). The van der Waals surface area contributed by atoms with E-state index in [0.717, 1.165) is 29.9 Å². The molecule has 21 heavy (non-hydrogen) atoms. The number of nitrogens with one attached hydrogen (secondary N) is 1. The van der Waals surface area contributed by atoms with Crippen LogP contribution in [0.25, 0.3) is 0 Å². The summed E-state index contributed by atoms with van der Waals surface area (Å²) < 4.78 is 5.27. The van der Waals surface area contributed by atoms with Gasteiger partial charge in [-0.15, -0.1) is 12.4 Å². The molecule has 0 atom stereocenters. The standard InChI is InChI=1S/C15H19N3O2.ClH/c1-3-13-11(14(4-2)20-18-13)9-17-15(19)10-7-5-6-8-12(10)16;/h5-8H,3-4,9,16H2,1-2H3,(H,17,19);1H. The SMILES string of the molecule is CCc1noc(CC)c1CNC(=O)c1ccccc1N.Cl. The van der Waals surface area contributed by atoms with Gasteiger partial charge >= 0.3 is 0 Å². The average molecular weight is 310 g/mol. The third kappa shape index (κ3) is 3.76. The van der Waals surface area contributed by atoms with Crippen molar-refractivity contribution in [3.8, 4) is 0 Å². The van der Waals surface area contributed by atoms with Crippen molar-refractivity contribution in [1.29, 1.82) is 0 Å². The predicted molar refractivity (Wildman–Crippen MR) is 84.5 cm³/mol. The lowest BCUT2D eigenvalue weighted by atomic mass is 10.1. The third-order valence-corrected chi connectivity index (χ3v) is 3.24. The first-order valence-corrected chi connectivity index (χ1v) is 6.76. The summed E-state index contributed by atoms with van der Waals surface area (Å²) in [5, 5.41) is 6.90. The molecule has 5 nitrogen and oxygen atoms in total. The number of hydrogen-bond acceptors (Lipinski definition) is 4. The Hall–Kier alpha value is -2.01. The highest BCUT2D eigenvalue weighted by Crippen LogP contribution is 2.16. The van der Waals surface area contributed by atoms with E-state index in [4.69, 9.17) is 10.3 Å². The molecule has 0 unspecified atom stereocenters. The first-order valence-electron chi connectivity index (χ1n) is 6.76. The molecule has 2 aromatic rings. The van der Waals surface area contributed by atoms with E-state index >= 15 is 0 Å². The lowest BCUT2D eigenvalue weighted by Gasteiger charge is -2.07. The Morgan fingerprint density at radius 2 is 2.00 bits per heavy atom. The molecule has 0 fully saturated rings. The highest BCUT2D eigenvalue weighted by Gasteiger charge is 2.15. The van der Waals surface area contributed by atoms with Gasteiger partial charge in [-0.3, -0.25) is 4.79 Å². The molecule has 0 aliphatic rings. The Morgan fingerprint density at radius 3 is 2.62 bits per heavy atom. The van der Waals surface area contributed by atoms with Gasteiger partial charge in [-0.25, -0.2) is 0 Å². The minimum Gasteiger partial charge on any atom is -0.398 e. The van der Waals surface area contributed by atoms with Crippen molar-refractivity contribution in [2.75, 3.05) is 5.73 Å². The van der Waals surface area contributed by atoms with Crippen molar-refractivity contribution in [3.05, 3.63) is 46.8 Å². The van der Waals surface area contributed by atoms with Crippen molar-refractivity contribution >= 4 is 24.0 Å². The number of hydrogen-bond donors (Lipinski definition) is 2. The maximum atomic E-state index is 12.1. The second-order valence-corrected chi connectivity index (χ2v) is 4.51. The second kappa shape index (κ2) is 7.69. The molecular formula is C15H20ClN3O2. The highest BCUT2D eigenvalue weighted by atomic mass is 35.5. The molecule has 0 spiro atoms. The van der Waals surface area contributed by atoms with Gasteiger partial charge in [0.25, 0.3) is 5.91 Å². The number of nitrogens with two attached hydrogens (primary N) is 1. The first kappa shape index (κ1) is 17.0. The minimum atomic E-state index is -0.187. The molecule has 3 N–H and O–H groups in total. The van der Waals surface area contributed by atoms with E-state index in [2.05, 4.69) is 10.5 Å². The number of halogens is 1. The Labute approximate surface area is 130 Å². The number of para-hydroxylation sites is 1. The lowest BCUT2D eigenvalue weighted by molar-refractivity contribution is 0.0951. The molecule has 0 saturated heterocycles. The molecule has 0 bridgehead atoms. The fraction of sp³-hybridized carbons (Fsp3) is 0.333. The Balaban J connectivity index is 0.00000220. The maximum Gasteiger partial charge on any atom is 0.253 e. The zero-order valence-corrected chi connectivity index (χ0v) is 13.0. The van der Waals surface area contributed by atoms with Crippen LogP contribution in [0.4, 0.5) is 5.69 Å². The van der Waals surface area contributed by atoms with Gasteiger partial charge in [-0.2, -0.15) is 0 Å². The van der Waals surface area contributed by atoms with E-state index in [-0.39, 0.29) is 18.3 Å². The Kier molecular flexibility index (Phi) is 6.24. The molecule has 6 heteroatoms. The van der Waals surface area contributed by atoms with Gasteiger partial charge in [0, 0.05) is 24.2 Å². The van der Waals surface area contributed by atoms with Crippen LogP contribution >= 0.6 is 12.4 Å². The van der Waals surface area contributed by atoms with Crippen LogP contribution in [0.5, 0.6) is 0 Å². The van der Waals surface area contributed by atoms with Crippen LogP contribution in [-0.2, 0) is 19.4 Å². The summed E-state index contributed by atoms with van der Waals surface area (Å²) in [7, 11) is 0. The Bertz CT molecular complexity index is 589. The summed E-state index contributed by atoms with van der Waals surface area (Å²) in [6, 6.07) is 7.01. The van der Waals surface area contributed by atoms with E-state index in [1.54, 1.807) is 24.3 Å². The summed E-state index contributed by atoms with van der Waals surface area (Å²) in [4.78, 5) is 12.1. The maximum absolute atomic E-state index is 12.1. The fourth-order valence-corrected chi connectivity index (χ4v) is 2.11.